The maximum absolute atomic E-state index is 13.0. The lowest BCUT2D eigenvalue weighted by Gasteiger charge is -2.14. The minimum absolute atomic E-state index is 0.142. The van der Waals surface area contributed by atoms with Crippen LogP contribution in [0.5, 0.6) is 0 Å². The number of hydrogen-bond donors (Lipinski definition) is 2. The van der Waals surface area contributed by atoms with Crippen molar-refractivity contribution >= 4 is 17.3 Å². The molecule has 1 aromatic carbocycles. The molecule has 0 aliphatic carbocycles. The number of benzene rings is 1. The molecule has 138 valence electrons. The number of amides is 1. The molecule has 0 aliphatic rings. The average Bonchev–Trinajstić information content (AvgIpc) is 2.67. The van der Waals surface area contributed by atoms with Crippen molar-refractivity contribution in [3.8, 4) is 0 Å². The molecule has 1 amide bonds. The van der Waals surface area contributed by atoms with Crippen molar-refractivity contribution in [3.05, 3.63) is 83.9 Å². The zero-order valence-electron chi connectivity index (χ0n) is 14.0. The fraction of sp³-hybridized carbons (Fsp3) is 0.105. The number of pyridine rings is 2. The van der Waals surface area contributed by atoms with Gasteiger partial charge in [-0.05, 0) is 29.8 Å². The van der Waals surface area contributed by atoms with Crippen LogP contribution in [0.3, 0.4) is 0 Å². The minimum atomic E-state index is -4.56. The third-order valence-corrected chi connectivity index (χ3v) is 3.70. The smallest absolute Gasteiger partial charge is 0.380 e. The van der Waals surface area contributed by atoms with E-state index in [4.69, 9.17) is 0 Å². The number of nitrogens with one attached hydrogen (secondary N) is 2. The molecular weight excluding hydrogens is 357 g/mol. The van der Waals surface area contributed by atoms with Gasteiger partial charge < -0.3 is 10.6 Å². The highest BCUT2D eigenvalue weighted by molar-refractivity contribution is 6.05. The largest absolute Gasteiger partial charge is 0.418 e. The Bertz CT molecular complexity index is 929. The summed E-state index contributed by atoms with van der Waals surface area (Å²) in [6.07, 6.45) is 1.62. The third kappa shape index (κ3) is 4.81. The Morgan fingerprint density at radius 3 is 2.56 bits per heavy atom. The van der Waals surface area contributed by atoms with Crippen molar-refractivity contribution in [1.29, 1.82) is 0 Å². The van der Waals surface area contributed by atoms with Crippen LogP contribution in [-0.4, -0.2) is 15.9 Å². The summed E-state index contributed by atoms with van der Waals surface area (Å²) in [4.78, 5) is 20.3. The van der Waals surface area contributed by atoms with Crippen LogP contribution in [0.4, 0.5) is 24.5 Å². The van der Waals surface area contributed by atoms with Crippen LogP contribution in [0.2, 0.25) is 0 Å². The molecule has 0 aliphatic heterocycles. The molecule has 0 unspecified atom stereocenters. The maximum atomic E-state index is 13.0. The van der Waals surface area contributed by atoms with E-state index < -0.39 is 17.6 Å². The van der Waals surface area contributed by atoms with Gasteiger partial charge >= 0.3 is 6.18 Å². The van der Waals surface area contributed by atoms with E-state index in [1.165, 1.54) is 36.7 Å². The number of para-hydroxylation sites is 1. The number of nitrogens with zero attached hydrogens (tertiary/aromatic N) is 2. The molecule has 0 bridgehead atoms. The van der Waals surface area contributed by atoms with Crippen LogP contribution in [0.1, 0.15) is 21.5 Å². The topological polar surface area (TPSA) is 66.9 Å². The molecular formula is C19H15F3N4O. The second-order valence-electron chi connectivity index (χ2n) is 5.67. The SMILES string of the molecule is O=C(Nc1ccccc1C(F)(F)F)c1cncc(NCc2cccnc2)c1. The molecule has 0 fully saturated rings. The summed E-state index contributed by atoms with van der Waals surface area (Å²) in [5.74, 6) is -0.677. The maximum Gasteiger partial charge on any atom is 0.418 e. The van der Waals surface area contributed by atoms with Crippen LogP contribution < -0.4 is 10.6 Å². The average molecular weight is 372 g/mol. The highest BCUT2D eigenvalue weighted by Crippen LogP contribution is 2.34. The molecule has 2 aromatic heterocycles. The van der Waals surface area contributed by atoms with Crippen molar-refractivity contribution in [2.75, 3.05) is 10.6 Å². The summed E-state index contributed by atoms with van der Waals surface area (Å²) >= 11 is 0. The Hall–Kier alpha value is -3.42. The van der Waals surface area contributed by atoms with Crippen molar-refractivity contribution < 1.29 is 18.0 Å². The Kier molecular flexibility index (Phi) is 5.35. The van der Waals surface area contributed by atoms with Gasteiger partial charge in [0, 0.05) is 31.3 Å². The summed E-state index contributed by atoms with van der Waals surface area (Å²) in [6, 6.07) is 10.0. The molecule has 0 spiro atoms. The Morgan fingerprint density at radius 2 is 1.81 bits per heavy atom. The van der Waals surface area contributed by atoms with Crippen molar-refractivity contribution in [2.24, 2.45) is 0 Å². The summed E-state index contributed by atoms with van der Waals surface area (Å²) in [5.41, 5.74) is 0.436. The van der Waals surface area contributed by atoms with Crippen LogP contribution in [0.25, 0.3) is 0 Å². The van der Waals surface area contributed by atoms with Gasteiger partial charge in [0.1, 0.15) is 0 Å². The molecule has 0 saturated heterocycles. The molecule has 3 aromatic rings. The zero-order chi connectivity index (χ0) is 19.3. The second kappa shape index (κ2) is 7.86. The van der Waals surface area contributed by atoms with Gasteiger partial charge in [-0.2, -0.15) is 13.2 Å². The molecule has 2 heterocycles. The van der Waals surface area contributed by atoms with E-state index in [2.05, 4.69) is 20.6 Å². The molecule has 27 heavy (non-hydrogen) atoms. The third-order valence-electron chi connectivity index (χ3n) is 3.70. The molecule has 2 N–H and O–H groups in total. The van der Waals surface area contributed by atoms with Crippen LogP contribution in [-0.2, 0) is 12.7 Å². The minimum Gasteiger partial charge on any atom is -0.380 e. The molecule has 0 atom stereocenters. The Morgan fingerprint density at radius 1 is 1.00 bits per heavy atom. The van der Waals surface area contributed by atoms with Crippen molar-refractivity contribution in [1.82, 2.24) is 9.97 Å². The van der Waals surface area contributed by atoms with Gasteiger partial charge in [-0.15, -0.1) is 0 Å². The monoisotopic (exact) mass is 372 g/mol. The quantitative estimate of drug-likeness (QED) is 0.698. The molecule has 0 saturated carbocycles. The number of hydrogen-bond acceptors (Lipinski definition) is 4. The number of alkyl halides is 3. The number of carbonyl (C=O) groups excluding carboxylic acids is 1. The highest BCUT2D eigenvalue weighted by Gasteiger charge is 2.33. The lowest BCUT2D eigenvalue weighted by atomic mass is 10.1. The van der Waals surface area contributed by atoms with E-state index in [0.717, 1.165) is 11.6 Å². The fourth-order valence-electron chi connectivity index (χ4n) is 2.40. The van der Waals surface area contributed by atoms with Crippen LogP contribution in [0, 0.1) is 0 Å². The number of rotatable bonds is 5. The molecule has 3 rings (SSSR count). The van der Waals surface area contributed by atoms with Crippen LogP contribution >= 0.6 is 0 Å². The first kappa shape index (κ1) is 18.4. The second-order valence-corrected chi connectivity index (χ2v) is 5.67. The van der Waals surface area contributed by atoms with E-state index >= 15 is 0 Å². The van der Waals surface area contributed by atoms with Crippen molar-refractivity contribution in [3.63, 3.8) is 0 Å². The lowest BCUT2D eigenvalue weighted by molar-refractivity contribution is -0.136. The first-order valence-corrected chi connectivity index (χ1v) is 7.99. The van der Waals surface area contributed by atoms with Gasteiger partial charge in [-0.1, -0.05) is 18.2 Å². The van der Waals surface area contributed by atoms with Gasteiger partial charge in [0.2, 0.25) is 0 Å². The Labute approximate surface area is 153 Å². The number of anilines is 2. The van der Waals surface area contributed by atoms with Crippen LogP contribution in [0.15, 0.2) is 67.3 Å². The van der Waals surface area contributed by atoms with E-state index in [1.54, 1.807) is 18.5 Å². The summed E-state index contributed by atoms with van der Waals surface area (Å²) in [5, 5.41) is 5.39. The Balaban J connectivity index is 1.73. The number of carbonyl (C=O) groups is 1. The van der Waals surface area contributed by atoms with E-state index in [1.807, 2.05) is 6.07 Å². The summed E-state index contributed by atoms with van der Waals surface area (Å²) < 4.78 is 39.1. The first-order chi connectivity index (χ1) is 12.9. The number of aromatic nitrogens is 2. The van der Waals surface area contributed by atoms with Gasteiger partial charge in [-0.25, -0.2) is 0 Å². The lowest BCUT2D eigenvalue weighted by Crippen LogP contribution is -2.17. The van der Waals surface area contributed by atoms with Crippen molar-refractivity contribution in [2.45, 2.75) is 12.7 Å². The molecule has 5 nitrogen and oxygen atoms in total. The standard InChI is InChI=1S/C19H15F3N4O/c20-19(21,22)16-5-1-2-6-17(16)26-18(27)14-8-15(12-24-11-14)25-10-13-4-3-7-23-9-13/h1-9,11-12,25H,10H2,(H,26,27). The predicted octanol–water partition coefficient (Wildman–Crippen LogP) is 4.36. The predicted molar refractivity (Wildman–Crippen MR) is 95.2 cm³/mol. The summed E-state index contributed by atoms with van der Waals surface area (Å²) in [6.45, 7) is 0.470. The van der Waals surface area contributed by atoms with E-state index in [9.17, 15) is 18.0 Å². The van der Waals surface area contributed by atoms with Gasteiger partial charge in [-0.3, -0.25) is 14.8 Å². The van der Waals surface area contributed by atoms with Gasteiger partial charge in [0.25, 0.3) is 5.91 Å². The van der Waals surface area contributed by atoms with E-state index in [0.29, 0.717) is 12.2 Å². The fourth-order valence-corrected chi connectivity index (χ4v) is 2.40. The highest BCUT2D eigenvalue weighted by atomic mass is 19.4. The number of halogens is 3. The van der Waals surface area contributed by atoms with Gasteiger partial charge in [0.15, 0.2) is 0 Å². The normalized spacial score (nSPS) is 11.1. The first-order valence-electron chi connectivity index (χ1n) is 7.99. The molecule has 8 heteroatoms. The zero-order valence-corrected chi connectivity index (χ0v) is 14.0. The summed E-state index contributed by atoms with van der Waals surface area (Å²) in [7, 11) is 0. The molecule has 0 radical (unpaired) electrons. The van der Waals surface area contributed by atoms with Gasteiger partial charge in [0.05, 0.1) is 22.5 Å². The van der Waals surface area contributed by atoms with E-state index in [-0.39, 0.29) is 11.3 Å².